The summed E-state index contributed by atoms with van der Waals surface area (Å²) >= 11 is 0. The molecular formula is C46H44N2O2. The summed E-state index contributed by atoms with van der Waals surface area (Å²) < 4.78 is 6.48. The van der Waals surface area contributed by atoms with Crippen LogP contribution in [0.1, 0.15) is 76.6 Å². The second-order valence-corrected chi connectivity index (χ2v) is 15.4. The van der Waals surface area contributed by atoms with E-state index in [9.17, 15) is 5.11 Å². The van der Waals surface area contributed by atoms with Crippen LogP contribution in [0.2, 0.25) is 0 Å². The van der Waals surface area contributed by atoms with Gasteiger partial charge in [-0.05, 0) is 80.6 Å². The van der Waals surface area contributed by atoms with Gasteiger partial charge in [-0.1, -0.05) is 133 Å². The highest BCUT2D eigenvalue weighted by molar-refractivity contribution is 5.93. The highest BCUT2D eigenvalue weighted by Gasteiger charge is 2.27. The second kappa shape index (κ2) is 12.8. The molecule has 0 aliphatic rings. The minimum absolute atomic E-state index is 0.127. The number of nitrogens with zero attached hydrogens (tertiary/aromatic N) is 2. The molecule has 0 radical (unpaired) electrons. The normalized spacial score (nSPS) is 12.7. The molecule has 250 valence electrons. The molecule has 2 heterocycles. The number of benzene rings is 5. The standard InChI is InChI=1S/C46H44N2O2/c1-29(30-15-10-8-11-16-30)33-23-34(25-35(24-33)40-26-32(21-22-47-40)31-17-12-9-13-18-31)37-19-14-20-41-42(37)48-44(50-41)38-27-36(45(2,3)4)28-39(43(38)49)46(5,6)7/h8-29,49H,1-7H3. The fraction of sp³-hybridized carbons (Fsp3) is 0.217. The summed E-state index contributed by atoms with van der Waals surface area (Å²) in [6.45, 7) is 15.2. The number of fused-ring (bicyclic) bond motifs is 1. The van der Waals surface area contributed by atoms with Crippen LogP contribution in [0.15, 0.2) is 132 Å². The Labute approximate surface area is 295 Å². The molecule has 4 nitrogen and oxygen atoms in total. The van der Waals surface area contributed by atoms with Crippen LogP contribution in [0.3, 0.4) is 0 Å². The molecule has 5 aromatic carbocycles. The van der Waals surface area contributed by atoms with E-state index in [1.807, 2.05) is 30.5 Å². The predicted molar refractivity (Wildman–Crippen MR) is 207 cm³/mol. The zero-order valence-corrected chi connectivity index (χ0v) is 30.0. The van der Waals surface area contributed by atoms with Crippen molar-refractivity contribution < 1.29 is 9.52 Å². The van der Waals surface area contributed by atoms with E-state index in [1.54, 1.807) is 0 Å². The van der Waals surface area contributed by atoms with Gasteiger partial charge >= 0.3 is 0 Å². The third-order valence-electron chi connectivity index (χ3n) is 9.66. The Kier molecular flexibility index (Phi) is 8.43. The molecule has 0 fully saturated rings. The number of pyridine rings is 1. The van der Waals surface area contributed by atoms with E-state index in [4.69, 9.17) is 14.4 Å². The molecule has 0 spiro atoms. The molecular weight excluding hydrogens is 613 g/mol. The fourth-order valence-corrected chi connectivity index (χ4v) is 6.64. The van der Waals surface area contributed by atoms with Crippen LogP contribution in [0.4, 0.5) is 0 Å². The van der Waals surface area contributed by atoms with Gasteiger partial charge in [0, 0.05) is 28.8 Å². The highest BCUT2D eigenvalue weighted by Crippen LogP contribution is 2.44. The Balaban J connectivity index is 1.41. The maximum absolute atomic E-state index is 11.6. The van der Waals surface area contributed by atoms with Gasteiger partial charge in [-0.25, -0.2) is 4.98 Å². The van der Waals surface area contributed by atoms with Crippen molar-refractivity contribution >= 4 is 11.1 Å². The second-order valence-electron chi connectivity index (χ2n) is 15.4. The first-order valence-electron chi connectivity index (χ1n) is 17.4. The van der Waals surface area contributed by atoms with Gasteiger partial charge in [-0.3, -0.25) is 4.98 Å². The summed E-state index contributed by atoms with van der Waals surface area (Å²) in [5, 5.41) is 11.6. The third-order valence-corrected chi connectivity index (χ3v) is 9.66. The van der Waals surface area contributed by atoms with Crippen molar-refractivity contribution in [3.63, 3.8) is 0 Å². The average molecular weight is 657 g/mol. The van der Waals surface area contributed by atoms with Gasteiger partial charge in [-0.2, -0.15) is 0 Å². The molecule has 0 saturated heterocycles. The SMILES string of the molecule is CC(c1ccccc1)c1cc(-c2cc(-c3ccccc3)ccn2)cc(-c2cccc3oc(-c4cc(C(C)(C)C)cc(C(C)(C)C)c4O)nc23)c1. The number of aromatic hydroxyl groups is 1. The molecule has 2 aromatic heterocycles. The van der Waals surface area contributed by atoms with Crippen molar-refractivity contribution in [2.24, 2.45) is 0 Å². The molecule has 0 aliphatic heterocycles. The Hall–Kier alpha value is -5.48. The Morgan fingerprint density at radius 2 is 1.30 bits per heavy atom. The van der Waals surface area contributed by atoms with Crippen LogP contribution in [-0.2, 0) is 10.8 Å². The van der Waals surface area contributed by atoms with Crippen molar-refractivity contribution in [1.29, 1.82) is 0 Å². The molecule has 7 aromatic rings. The van der Waals surface area contributed by atoms with Gasteiger partial charge in [0.2, 0.25) is 5.89 Å². The average Bonchev–Trinajstić information content (AvgIpc) is 3.55. The molecule has 0 amide bonds. The number of hydrogen-bond donors (Lipinski definition) is 1. The highest BCUT2D eigenvalue weighted by atomic mass is 16.3. The van der Waals surface area contributed by atoms with Crippen LogP contribution in [0.5, 0.6) is 5.75 Å². The Morgan fingerprint density at radius 1 is 0.600 bits per heavy atom. The van der Waals surface area contributed by atoms with Gasteiger partial charge in [0.05, 0.1) is 11.3 Å². The van der Waals surface area contributed by atoms with Crippen molar-refractivity contribution in [2.45, 2.75) is 65.2 Å². The van der Waals surface area contributed by atoms with E-state index < -0.39 is 0 Å². The maximum Gasteiger partial charge on any atom is 0.231 e. The molecule has 0 saturated carbocycles. The molecule has 1 N–H and O–H groups in total. The van der Waals surface area contributed by atoms with Gasteiger partial charge in [0.25, 0.3) is 0 Å². The molecule has 1 unspecified atom stereocenters. The van der Waals surface area contributed by atoms with Crippen LogP contribution in [0.25, 0.3) is 56.1 Å². The fourth-order valence-electron chi connectivity index (χ4n) is 6.64. The van der Waals surface area contributed by atoms with Crippen molar-refractivity contribution in [3.05, 3.63) is 150 Å². The molecule has 0 bridgehead atoms. The molecule has 7 rings (SSSR count). The number of hydrogen-bond acceptors (Lipinski definition) is 4. The van der Waals surface area contributed by atoms with E-state index in [-0.39, 0.29) is 22.5 Å². The number of rotatable bonds is 6. The van der Waals surface area contributed by atoms with E-state index in [0.717, 1.165) is 50.2 Å². The minimum atomic E-state index is -0.268. The quantitative estimate of drug-likeness (QED) is 0.193. The monoisotopic (exact) mass is 656 g/mol. The topological polar surface area (TPSA) is 59.2 Å². The van der Waals surface area contributed by atoms with Crippen LogP contribution < -0.4 is 0 Å². The number of para-hydroxylation sites is 1. The van der Waals surface area contributed by atoms with Crippen molar-refractivity contribution in [2.75, 3.05) is 0 Å². The van der Waals surface area contributed by atoms with Gasteiger partial charge in [0.1, 0.15) is 11.3 Å². The lowest BCUT2D eigenvalue weighted by Crippen LogP contribution is -2.17. The van der Waals surface area contributed by atoms with E-state index >= 15 is 0 Å². The summed E-state index contributed by atoms with van der Waals surface area (Å²) in [5.41, 5.74) is 12.3. The van der Waals surface area contributed by atoms with Gasteiger partial charge in [-0.15, -0.1) is 0 Å². The van der Waals surface area contributed by atoms with Crippen molar-refractivity contribution in [1.82, 2.24) is 9.97 Å². The summed E-state index contributed by atoms with van der Waals surface area (Å²) in [6, 6.07) is 42.2. The number of phenols is 1. The predicted octanol–water partition coefficient (Wildman–Crippen LogP) is 12.3. The van der Waals surface area contributed by atoms with E-state index in [0.29, 0.717) is 17.0 Å². The largest absolute Gasteiger partial charge is 0.507 e. The maximum atomic E-state index is 11.6. The zero-order valence-electron chi connectivity index (χ0n) is 30.0. The van der Waals surface area contributed by atoms with Crippen LogP contribution in [-0.4, -0.2) is 15.1 Å². The smallest absolute Gasteiger partial charge is 0.231 e. The van der Waals surface area contributed by atoms with E-state index in [1.165, 1.54) is 11.1 Å². The number of oxazole rings is 1. The van der Waals surface area contributed by atoms with E-state index in [2.05, 4.69) is 146 Å². The molecule has 4 heteroatoms. The zero-order chi connectivity index (χ0) is 35.2. The lowest BCUT2D eigenvalue weighted by molar-refractivity contribution is 0.444. The first-order chi connectivity index (χ1) is 23.9. The van der Waals surface area contributed by atoms with Crippen LogP contribution in [0, 0.1) is 0 Å². The van der Waals surface area contributed by atoms with Crippen LogP contribution >= 0.6 is 0 Å². The van der Waals surface area contributed by atoms with Crippen molar-refractivity contribution in [3.8, 4) is 50.7 Å². The lowest BCUT2D eigenvalue weighted by atomic mass is 9.79. The molecule has 0 aliphatic carbocycles. The summed E-state index contributed by atoms with van der Waals surface area (Å²) in [5.74, 6) is 0.768. The summed E-state index contributed by atoms with van der Waals surface area (Å²) in [7, 11) is 0. The first kappa shape index (κ1) is 33.0. The molecule has 1 atom stereocenters. The van der Waals surface area contributed by atoms with Gasteiger partial charge < -0.3 is 9.52 Å². The molecule has 50 heavy (non-hydrogen) atoms. The van der Waals surface area contributed by atoms with Gasteiger partial charge in [0.15, 0.2) is 5.58 Å². The summed E-state index contributed by atoms with van der Waals surface area (Å²) in [4.78, 5) is 9.97. The summed E-state index contributed by atoms with van der Waals surface area (Å²) in [6.07, 6.45) is 1.89. The number of aromatic nitrogens is 2. The Morgan fingerprint density at radius 3 is 2.00 bits per heavy atom. The first-order valence-corrected chi connectivity index (χ1v) is 17.4. The minimum Gasteiger partial charge on any atom is -0.507 e. The third kappa shape index (κ3) is 6.46. The Bertz CT molecular complexity index is 2310. The number of phenolic OH excluding ortho intramolecular Hbond substituents is 1. The lowest BCUT2D eigenvalue weighted by Gasteiger charge is -2.27.